The van der Waals surface area contributed by atoms with Gasteiger partial charge in [0.2, 0.25) is 0 Å². The van der Waals surface area contributed by atoms with Crippen LogP contribution in [0.5, 0.6) is 0 Å². The van der Waals surface area contributed by atoms with Gasteiger partial charge >= 0.3 is 0 Å². The molecule has 0 rings (SSSR count). The first-order valence-electron chi connectivity index (χ1n) is 7.80. The Bertz CT molecular complexity index is 108. The van der Waals surface area contributed by atoms with Crippen LogP contribution in [-0.2, 0) is 0 Å². The van der Waals surface area contributed by atoms with E-state index in [0.717, 1.165) is 25.7 Å². The van der Waals surface area contributed by atoms with Crippen LogP contribution in [0.2, 0.25) is 0 Å². The van der Waals surface area contributed by atoms with Crippen molar-refractivity contribution < 1.29 is 62.2 Å². The third kappa shape index (κ3) is 92.2. The summed E-state index contributed by atoms with van der Waals surface area (Å²) < 4.78 is 0. The maximum Gasteiger partial charge on any atom is 0.0509 e. The number of hydrogen-bond acceptors (Lipinski definition) is 4. The minimum atomic E-state index is -0.116. The predicted molar refractivity (Wildman–Crippen MR) is 87.9 cm³/mol. The summed E-state index contributed by atoms with van der Waals surface area (Å²) in [6.45, 7) is 14.9. The maximum absolute atomic E-state index is 8.36. The first-order valence-corrected chi connectivity index (χ1v) is 7.80. The molecule has 0 saturated carbocycles. The average Bonchev–Trinajstić information content (AvgIpc) is 2.40. The van der Waals surface area contributed by atoms with Gasteiger partial charge in [-0.25, -0.2) is 0 Å². The summed E-state index contributed by atoms with van der Waals surface area (Å²) in [6, 6.07) is 0. The Kier molecular flexibility index (Phi) is 47.0. The Hall–Kier alpha value is 1.22. The van der Waals surface area contributed by atoms with Crippen molar-refractivity contribution in [1.82, 2.24) is 0 Å². The predicted octanol–water partition coefficient (Wildman–Crippen LogP) is 3.11. The second-order valence-corrected chi connectivity index (χ2v) is 5.03. The molecule has 0 aromatic heterocycles. The van der Waals surface area contributed by atoms with Crippen LogP contribution in [0.15, 0.2) is 0 Å². The van der Waals surface area contributed by atoms with Crippen molar-refractivity contribution in [3.8, 4) is 0 Å². The van der Waals surface area contributed by atoms with Crippen molar-refractivity contribution >= 4 is 0 Å². The van der Waals surface area contributed by atoms with Gasteiger partial charge < -0.3 is 20.4 Å². The SMILES string of the molecule is CCC(C)O.CCC(C)O.CCC(C)O.CCC(C)O.[Ce]. The minimum Gasteiger partial charge on any atom is -0.393 e. The van der Waals surface area contributed by atoms with E-state index < -0.39 is 0 Å². The van der Waals surface area contributed by atoms with Gasteiger partial charge in [0.05, 0.1) is 24.4 Å². The van der Waals surface area contributed by atoms with Crippen LogP contribution in [0.1, 0.15) is 81.1 Å². The standard InChI is InChI=1S/4C4H10O.Ce/c4*1-3-4(2)5;/h4*4-5H,3H2,1-2H3;. The van der Waals surface area contributed by atoms with Crippen molar-refractivity contribution in [3.63, 3.8) is 0 Å². The molecule has 4 unspecified atom stereocenters. The Morgan fingerprint density at radius 2 is 0.524 bits per heavy atom. The Morgan fingerprint density at radius 3 is 0.524 bits per heavy atom. The third-order valence-electron chi connectivity index (χ3n) is 2.36. The molecule has 0 radical (unpaired) electrons. The molecule has 0 spiro atoms. The van der Waals surface area contributed by atoms with Gasteiger partial charge in [0.1, 0.15) is 0 Å². The van der Waals surface area contributed by atoms with Crippen LogP contribution in [0.3, 0.4) is 0 Å². The van der Waals surface area contributed by atoms with Gasteiger partial charge in [-0.2, -0.15) is 0 Å². The quantitative estimate of drug-likeness (QED) is 0.546. The van der Waals surface area contributed by atoms with E-state index >= 15 is 0 Å². The Morgan fingerprint density at radius 1 is 0.476 bits per heavy atom. The summed E-state index contributed by atoms with van der Waals surface area (Å²) in [5, 5.41) is 33.4. The van der Waals surface area contributed by atoms with E-state index in [2.05, 4.69) is 0 Å². The topological polar surface area (TPSA) is 80.9 Å². The van der Waals surface area contributed by atoms with Gasteiger partial charge in [0.15, 0.2) is 0 Å². The second kappa shape index (κ2) is 29.3. The van der Waals surface area contributed by atoms with Crippen molar-refractivity contribution in [2.24, 2.45) is 0 Å². The van der Waals surface area contributed by atoms with Crippen LogP contribution < -0.4 is 0 Å². The van der Waals surface area contributed by atoms with Crippen LogP contribution in [0.25, 0.3) is 0 Å². The van der Waals surface area contributed by atoms with Crippen molar-refractivity contribution in [1.29, 1.82) is 0 Å². The molecule has 21 heavy (non-hydrogen) atoms. The molecule has 132 valence electrons. The van der Waals surface area contributed by atoms with Crippen LogP contribution in [0.4, 0.5) is 0 Å². The number of aliphatic hydroxyl groups excluding tert-OH is 4. The van der Waals surface area contributed by atoms with E-state index in [-0.39, 0.29) is 66.2 Å². The van der Waals surface area contributed by atoms with E-state index in [9.17, 15) is 0 Å². The smallest absolute Gasteiger partial charge is 0.0509 e. The van der Waals surface area contributed by atoms with Gasteiger partial charge in [-0.15, -0.1) is 0 Å². The molecule has 0 aliphatic heterocycles. The molecule has 0 bridgehead atoms. The summed E-state index contributed by atoms with van der Waals surface area (Å²) in [5.41, 5.74) is 0. The van der Waals surface area contributed by atoms with Crippen molar-refractivity contribution in [2.45, 2.75) is 105 Å². The normalized spacial score (nSPS) is 14.3. The zero-order valence-corrected chi connectivity index (χ0v) is 18.6. The second-order valence-electron chi connectivity index (χ2n) is 5.03. The Balaban J connectivity index is -0.0000000533. The fraction of sp³-hybridized carbons (Fsp3) is 1.00. The van der Waals surface area contributed by atoms with Gasteiger partial charge in [-0.1, -0.05) is 27.7 Å². The Labute approximate surface area is 166 Å². The van der Waals surface area contributed by atoms with Crippen molar-refractivity contribution in [2.75, 3.05) is 0 Å². The van der Waals surface area contributed by atoms with Gasteiger partial charge in [0.25, 0.3) is 0 Å². The van der Waals surface area contributed by atoms with E-state index in [4.69, 9.17) is 20.4 Å². The number of hydrogen-bond donors (Lipinski definition) is 4. The molecule has 0 aliphatic rings. The summed E-state index contributed by atoms with van der Waals surface area (Å²) in [7, 11) is 0. The fourth-order valence-corrected chi connectivity index (χ4v) is 0. The zero-order chi connectivity index (χ0) is 17.1. The number of aliphatic hydroxyl groups is 4. The molecule has 5 heteroatoms. The monoisotopic (exact) mass is 436 g/mol. The van der Waals surface area contributed by atoms with Crippen LogP contribution in [-0.4, -0.2) is 44.8 Å². The molecule has 4 N–H and O–H groups in total. The van der Waals surface area contributed by atoms with Gasteiger partial charge in [-0.3, -0.25) is 0 Å². The van der Waals surface area contributed by atoms with E-state index in [1.54, 1.807) is 27.7 Å². The molecule has 0 saturated heterocycles. The summed E-state index contributed by atoms with van der Waals surface area (Å²) in [4.78, 5) is 0. The first-order chi connectivity index (χ1) is 9.08. The molecular weight excluding hydrogens is 396 g/mol. The molecule has 0 aliphatic carbocycles. The van der Waals surface area contributed by atoms with Crippen LogP contribution in [0, 0.1) is 41.7 Å². The van der Waals surface area contributed by atoms with Gasteiger partial charge in [0, 0.05) is 41.7 Å². The molecule has 4 nitrogen and oxygen atoms in total. The van der Waals surface area contributed by atoms with Gasteiger partial charge in [-0.05, 0) is 53.4 Å². The van der Waals surface area contributed by atoms with E-state index in [1.807, 2.05) is 27.7 Å². The summed E-state index contributed by atoms with van der Waals surface area (Å²) in [5.74, 6) is 0. The van der Waals surface area contributed by atoms with E-state index in [0.29, 0.717) is 0 Å². The molecule has 0 aromatic carbocycles. The third-order valence-corrected chi connectivity index (χ3v) is 2.36. The molecule has 0 fully saturated rings. The zero-order valence-electron chi connectivity index (χ0n) is 15.4. The number of rotatable bonds is 4. The van der Waals surface area contributed by atoms with Crippen LogP contribution >= 0.6 is 0 Å². The molecule has 0 heterocycles. The molecule has 0 amide bonds. The minimum absolute atomic E-state index is 0. The maximum atomic E-state index is 8.36. The molecule has 4 atom stereocenters. The first kappa shape index (κ1) is 33.7. The fourth-order valence-electron chi connectivity index (χ4n) is 0. The van der Waals surface area contributed by atoms with E-state index in [1.165, 1.54) is 0 Å². The largest absolute Gasteiger partial charge is 0.393 e. The van der Waals surface area contributed by atoms with Crippen molar-refractivity contribution in [3.05, 3.63) is 0 Å². The summed E-state index contributed by atoms with van der Waals surface area (Å²) >= 11 is 0. The molecule has 0 aromatic rings. The average molecular weight is 437 g/mol. The molecular formula is C16H40CeO4. The summed E-state index contributed by atoms with van der Waals surface area (Å²) in [6.07, 6.45) is 2.98.